The highest BCUT2D eigenvalue weighted by molar-refractivity contribution is 5.76. The number of aliphatic hydroxyl groups is 3. The van der Waals surface area contributed by atoms with E-state index in [-0.39, 0.29) is 52.8 Å². The molecule has 0 radical (unpaired) electrons. The Hall–Kier alpha value is -1.56. The van der Waals surface area contributed by atoms with E-state index in [0.29, 0.717) is 17.8 Å². The number of esters is 1. The number of fused-ring (bicyclic) bond motifs is 7. The molecule has 5 aliphatic carbocycles. The zero-order valence-electron chi connectivity index (χ0n) is 30.2. The van der Waals surface area contributed by atoms with Gasteiger partial charge in [0, 0.05) is 5.41 Å². The average molecular weight is 676 g/mol. The molecule has 272 valence electrons. The van der Waals surface area contributed by atoms with Crippen LogP contribution in [0.4, 0.5) is 0 Å². The maximum atomic E-state index is 13.4. The van der Waals surface area contributed by atoms with Crippen LogP contribution < -0.4 is 0 Å². The van der Waals surface area contributed by atoms with Gasteiger partial charge in [0.1, 0.15) is 31.0 Å². The number of ether oxygens (including phenoxy) is 2. The van der Waals surface area contributed by atoms with Gasteiger partial charge in [-0.25, -0.2) is 0 Å². The summed E-state index contributed by atoms with van der Waals surface area (Å²) in [4.78, 5) is 31.7. The van der Waals surface area contributed by atoms with E-state index in [1.807, 2.05) is 0 Å². The molecule has 6 fully saturated rings. The molecule has 10 heteroatoms. The third-order valence-corrected chi connectivity index (χ3v) is 16.0. The largest absolute Gasteiger partial charge is 0.481 e. The molecule has 1 heterocycles. The minimum atomic E-state index is -1.45. The molecule has 0 aromatic heterocycles. The van der Waals surface area contributed by atoms with Crippen LogP contribution in [0, 0.1) is 56.7 Å². The summed E-state index contributed by atoms with van der Waals surface area (Å²) < 4.78 is 11.7. The number of nitrogens with zero attached hydrogens (tertiary/aromatic N) is 1. The number of carbonyl (C=O) groups is 2. The van der Waals surface area contributed by atoms with E-state index in [9.17, 15) is 30.0 Å². The number of rotatable bonds is 7. The zero-order valence-corrected chi connectivity index (χ0v) is 30.2. The molecule has 10 nitrogen and oxygen atoms in total. The van der Waals surface area contributed by atoms with Crippen molar-refractivity contribution < 1.29 is 44.3 Å². The van der Waals surface area contributed by atoms with Gasteiger partial charge in [-0.05, 0) is 117 Å². The average Bonchev–Trinajstić information content (AvgIpc) is 3.42. The zero-order chi connectivity index (χ0) is 35.2. The third-order valence-electron chi connectivity index (χ3n) is 16.0. The van der Waals surface area contributed by atoms with Crippen molar-refractivity contribution >= 4 is 11.9 Å². The van der Waals surface area contributed by atoms with E-state index in [4.69, 9.17) is 14.3 Å². The second-order valence-corrected chi connectivity index (χ2v) is 18.0. The van der Waals surface area contributed by atoms with Crippen molar-refractivity contribution in [3.05, 3.63) is 12.2 Å². The van der Waals surface area contributed by atoms with Gasteiger partial charge in [-0.2, -0.15) is 0 Å². The van der Waals surface area contributed by atoms with Crippen LogP contribution in [0.1, 0.15) is 106 Å². The van der Waals surface area contributed by atoms with Gasteiger partial charge in [0.15, 0.2) is 6.23 Å². The van der Waals surface area contributed by atoms with Gasteiger partial charge in [-0.1, -0.05) is 46.8 Å². The van der Waals surface area contributed by atoms with Crippen LogP contribution in [0.5, 0.6) is 0 Å². The first kappa shape index (κ1) is 36.2. The normalized spacial score (nSPS) is 49.6. The molecule has 6 aliphatic rings. The van der Waals surface area contributed by atoms with Gasteiger partial charge in [0.2, 0.25) is 0 Å². The highest BCUT2D eigenvalue weighted by atomic mass is 16.7. The minimum absolute atomic E-state index is 0.0536. The van der Waals surface area contributed by atoms with Crippen molar-refractivity contribution in [2.75, 3.05) is 20.3 Å². The van der Waals surface area contributed by atoms with Crippen LogP contribution >= 0.6 is 0 Å². The Balaban J connectivity index is 1.20. The molecule has 0 bridgehead atoms. The molecule has 6 rings (SSSR count). The molecule has 0 amide bonds. The Bertz CT molecular complexity index is 1290. The molecule has 0 aromatic carbocycles. The lowest BCUT2D eigenvalue weighted by atomic mass is 9.32. The predicted molar refractivity (Wildman–Crippen MR) is 178 cm³/mol. The van der Waals surface area contributed by atoms with E-state index in [1.165, 1.54) is 12.2 Å². The standard InChI is InChI=1S/C38H61NO9/c1-21(2)22-11-16-38(33(44)45)18-17-36(6)23(29(22)38)9-10-26-35(5)14-13-27(34(3,4)25(35)12-15-37(26,36)7)48-28(41)19-39(46-8)32-31(43)30(42)24(40)20-47-32/h22-27,29-32,40,42-43H,1,9-20H2,2-8H3,(H,44,45)/t22-,23?,24-,25?,26?,27-,29?,30+,31+,32-,35-,36+,37+,38-/m0/s1. The summed E-state index contributed by atoms with van der Waals surface area (Å²) >= 11 is 0. The first-order chi connectivity index (χ1) is 22.4. The van der Waals surface area contributed by atoms with Gasteiger partial charge in [-0.3, -0.25) is 14.4 Å². The Morgan fingerprint density at radius 3 is 2.23 bits per heavy atom. The molecular formula is C38H61NO9. The summed E-state index contributed by atoms with van der Waals surface area (Å²) in [6.45, 7) is 18.0. The minimum Gasteiger partial charge on any atom is -0.481 e. The maximum Gasteiger partial charge on any atom is 0.323 e. The lowest BCUT2D eigenvalue weighted by molar-refractivity contribution is -0.305. The predicted octanol–water partition coefficient (Wildman–Crippen LogP) is 4.94. The first-order valence-electron chi connectivity index (χ1n) is 18.4. The van der Waals surface area contributed by atoms with Crippen molar-refractivity contribution in [1.82, 2.24) is 5.06 Å². The summed E-state index contributed by atoms with van der Waals surface area (Å²) in [5.41, 5.74) is 0.458. The Morgan fingerprint density at radius 2 is 1.58 bits per heavy atom. The second kappa shape index (κ2) is 12.3. The number of allylic oxidation sites excluding steroid dienone is 1. The molecule has 0 aromatic rings. The van der Waals surface area contributed by atoms with Crippen molar-refractivity contribution in [1.29, 1.82) is 0 Å². The molecule has 1 aliphatic heterocycles. The molecule has 0 spiro atoms. The molecule has 14 atom stereocenters. The molecule has 4 unspecified atom stereocenters. The Kier molecular flexibility index (Phi) is 9.28. The van der Waals surface area contributed by atoms with Crippen molar-refractivity contribution in [3.8, 4) is 0 Å². The molecule has 1 saturated heterocycles. The summed E-state index contributed by atoms with van der Waals surface area (Å²) in [7, 11) is 1.37. The number of hydrogen-bond donors (Lipinski definition) is 4. The quantitative estimate of drug-likeness (QED) is 0.166. The maximum absolute atomic E-state index is 13.4. The summed E-state index contributed by atoms with van der Waals surface area (Å²) in [5.74, 6) is 0.572. The molecular weight excluding hydrogens is 614 g/mol. The smallest absolute Gasteiger partial charge is 0.323 e. The monoisotopic (exact) mass is 675 g/mol. The van der Waals surface area contributed by atoms with E-state index in [0.717, 1.165) is 69.8 Å². The Morgan fingerprint density at radius 1 is 0.875 bits per heavy atom. The second-order valence-electron chi connectivity index (χ2n) is 18.0. The van der Waals surface area contributed by atoms with E-state index < -0.39 is 41.9 Å². The number of hydrogen-bond acceptors (Lipinski definition) is 9. The number of carboxylic acid groups (broad SMARTS) is 1. The van der Waals surface area contributed by atoms with Crippen molar-refractivity contribution in [3.63, 3.8) is 0 Å². The van der Waals surface area contributed by atoms with Crippen molar-refractivity contribution in [2.24, 2.45) is 56.7 Å². The highest BCUT2D eigenvalue weighted by Gasteiger charge is 2.72. The SMILES string of the molecule is C=C(C)[C@@H]1CC[C@]2(C(=O)O)CC[C@]3(C)C(CCC4[C@@]5(C)CC[C@H](OC(=O)CN(OC)[C@H]6OC[C@H](O)[C@@H](O)[C@H]6O)C(C)(C)C5CC[C@]43C)C12. The first-order valence-corrected chi connectivity index (χ1v) is 18.4. The number of carboxylic acids is 1. The van der Waals surface area contributed by atoms with Crippen LogP contribution in [-0.4, -0.2) is 88.3 Å². The lowest BCUT2D eigenvalue weighted by Gasteiger charge is -2.72. The van der Waals surface area contributed by atoms with Crippen LogP contribution in [-0.2, 0) is 23.9 Å². The van der Waals surface area contributed by atoms with Gasteiger partial charge >= 0.3 is 11.9 Å². The molecule has 4 N–H and O–H groups in total. The highest BCUT2D eigenvalue weighted by Crippen LogP contribution is 2.77. The van der Waals surface area contributed by atoms with Crippen LogP contribution in [0.25, 0.3) is 0 Å². The fourth-order valence-corrected chi connectivity index (χ4v) is 13.3. The van der Waals surface area contributed by atoms with Gasteiger partial charge in [-0.15, -0.1) is 5.06 Å². The Labute approximate surface area is 286 Å². The van der Waals surface area contributed by atoms with Crippen molar-refractivity contribution in [2.45, 2.75) is 136 Å². The van der Waals surface area contributed by atoms with Crippen LogP contribution in [0.15, 0.2) is 12.2 Å². The summed E-state index contributed by atoms with van der Waals surface area (Å²) in [5, 5.41) is 42.3. The fourth-order valence-electron chi connectivity index (χ4n) is 13.3. The van der Waals surface area contributed by atoms with Gasteiger partial charge in [0.05, 0.1) is 19.1 Å². The fraction of sp³-hybridized carbons (Fsp3) is 0.895. The summed E-state index contributed by atoms with van der Waals surface area (Å²) in [6.07, 6.45) is 3.94. The number of aliphatic carboxylic acids is 1. The number of carbonyl (C=O) groups excluding carboxylic acids is 1. The summed E-state index contributed by atoms with van der Waals surface area (Å²) in [6, 6.07) is 0. The molecule has 5 saturated carbocycles. The van der Waals surface area contributed by atoms with Crippen LogP contribution in [0.2, 0.25) is 0 Å². The van der Waals surface area contributed by atoms with Crippen LogP contribution in [0.3, 0.4) is 0 Å². The third kappa shape index (κ3) is 5.08. The molecule has 48 heavy (non-hydrogen) atoms. The number of hydroxylamine groups is 2. The van der Waals surface area contributed by atoms with Gasteiger partial charge < -0.3 is 29.9 Å². The number of aliphatic hydroxyl groups excluding tert-OH is 3. The topological polar surface area (TPSA) is 146 Å². The van der Waals surface area contributed by atoms with E-state index >= 15 is 0 Å². The van der Waals surface area contributed by atoms with Gasteiger partial charge in [0.25, 0.3) is 0 Å². The van der Waals surface area contributed by atoms with E-state index in [1.54, 1.807) is 0 Å². The van der Waals surface area contributed by atoms with E-state index in [2.05, 4.69) is 48.1 Å². The lowest BCUT2D eigenvalue weighted by Crippen LogP contribution is -2.67.